The minimum Gasteiger partial charge on any atom is -0.459 e. The van der Waals surface area contributed by atoms with Crippen molar-refractivity contribution in [3.8, 4) is 0 Å². The molecule has 3 unspecified atom stereocenters. The number of ketones is 1. The van der Waals surface area contributed by atoms with E-state index in [1.807, 2.05) is 13.0 Å². The molecule has 3 atom stereocenters. The van der Waals surface area contributed by atoms with E-state index < -0.39 is 12.1 Å². The first-order valence-electron chi connectivity index (χ1n) is 10.0. The summed E-state index contributed by atoms with van der Waals surface area (Å²) in [6.45, 7) is 6.09. The second-order valence-electron chi connectivity index (χ2n) is 7.24. The van der Waals surface area contributed by atoms with E-state index >= 15 is 0 Å². The number of hydrogen-bond donors (Lipinski definition) is 1. The summed E-state index contributed by atoms with van der Waals surface area (Å²) in [4.78, 5) is 24.5. The zero-order valence-corrected chi connectivity index (χ0v) is 17.4. The largest absolute Gasteiger partial charge is 0.459 e. The van der Waals surface area contributed by atoms with Crippen molar-refractivity contribution in [3.05, 3.63) is 83.4 Å². The molecule has 0 aliphatic carbocycles. The summed E-state index contributed by atoms with van der Waals surface area (Å²) in [6, 6.07) is 15.1. The number of esters is 1. The van der Waals surface area contributed by atoms with E-state index in [0.29, 0.717) is 23.3 Å². The smallest absolute Gasteiger partial charge is 0.338 e. The summed E-state index contributed by atoms with van der Waals surface area (Å²) in [6.07, 6.45) is -1.26. The van der Waals surface area contributed by atoms with Crippen molar-refractivity contribution in [1.82, 2.24) is 0 Å². The Morgan fingerprint density at radius 2 is 1.65 bits per heavy atom. The van der Waals surface area contributed by atoms with Gasteiger partial charge in [-0.1, -0.05) is 49.0 Å². The fourth-order valence-corrected chi connectivity index (χ4v) is 2.83. The number of ether oxygens (including phenoxy) is 4. The molecule has 7 heteroatoms. The third kappa shape index (κ3) is 6.83. The van der Waals surface area contributed by atoms with Gasteiger partial charge < -0.3 is 24.1 Å². The second kappa shape index (κ2) is 11.0. The van der Waals surface area contributed by atoms with Crippen molar-refractivity contribution in [1.29, 1.82) is 0 Å². The number of carbonyl (C=O) groups is 2. The van der Waals surface area contributed by atoms with Crippen LogP contribution in [0.25, 0.3) is 0 Å². The van der Waals surface area contributed by atoms with Gasteiger partial charge in [0.2, 0.25) is 0 Å². The molecule has 2 aromatic rings. The van der Waals surface area contributed by atoms with Crippen LogP contribution in [0.4, 0.5) is 0 Å². The predicted molar refractivity (Wildman–Crippen MR) is 113 cm³/mol. The lowest BCUT2D eigenvalue weighted by molar-refractivity contribution is -0.0354. The third-order valence-electron chi connectivity index (χ3n) is 4.58. The predicted octanol–water partition coefficient (Wildman–Crippen LogP) is 2.77. The maximum atomic E-state index is 12.4. The molecule has 7 nitrogen and oxygen atoms in total. The lowest BCUT2D eigenvalue weighted by Crippen LogP contribution is -2.24. The lowest BCUT2D eigenvalue weighted by atomic mass is 10.0. The summed E-state index contributed by atoms with van der Waals surface area (Å²) in [5.74, 6) is -0.710. The number of aliphatic hydroxyl groups excluding tert-OH is 1. The van der Waals surface area contributed by atoms with Crippen LogP contribution in [-0.4, -0.2) is 61.8 Å². The normalized spacial score (nSPS) is 18.3. The Balaban J connectivity index is 1.33. The van der Waals surface area contributed by atoms with Crippen LogP contribution in [0.15, 0.2) is 66.7 Å². The van der Waals surface area contributed by atoms with Crippen LogP contribution >= 0.6 is 0 Å². The number of carbonyl (C=O) groups excluding carboxylic acids is 2. The Morgan fingerprint density at radius 3 is 2.29 bits per heavy atom. The van der Waals surface area contributed by atoms with Crippen molar-refractivity contribution in [2.24, 2.45) is 0 Å². The number of epoxide rings is 1. The molecule has 0 amide bonds. The third-order valence-corrected chi connectivity index (χ3v) is 4.58. The molecule has 31 heavy (non-hydrogen) atoms. The molecule has 0 radical (unpaired) electrons. The molecule has 0 bridgehead atoms. The number of aliphatic hydroxyl groups is 1. The maximum Gasteiger partial charge on any atom is 0.338 e. The summed E-state index contributed by atoms with van der Waals surface area (Å²) in [5, 5.41) is 9.90. The molecule has 1 N–H and O–H groups in total. The van der Waals surface area contributed by atoms with Crippen LogP contribution in [-0.2, 0) is 18.9 Å². The van der Waals surface area contributed by atoms with Crippen molar-refractivity contribution in [2.75, 3.05) is 26.4 Å². The fourth-order valence-electron chi connectivity index (χ4n) is 2.83. The van der Waals surface area contributed by atoms with E-state index in [-0.39, 0.29) is 38.0 Å². The summed E-state index contributed by atoms with van der Waals surface area (Å²) in [7, 11) is 0. The second-order valence-corrected chi connectivity index (χ2v) is 7.24. The van der Waals surface area contributed by atoms with E-state index in [1.54, 1.807) is 36.4 Å². The van der Waals surface area contributed by atoms with Crippen LogP contribution in [0.1, 0.15) is 33.2 Å². The molecule has 164 valence electrons. The van der Waals surface area contributed by atoms with Crippen LogP contribution in [0, 0.1) is 0 Å². The highest BCUT2D eigenvalue weighted by atomic mass is 16.8. The summed E-state index contributed by atoms with van der Waals surface area (Å²) >= 11 is 0. The van der Waals surface area contributed by atoms with Crippen LogP contribution in [0.5, 0.6) is 0 Å². The topological polar surface area (TPSA) is 94.6 Å². The maximum absolute atomic E-state index is 12.4. The number of benzene rings is 2. The Kier molecular flexibility index (Phi) is 8.08. The highest BCUT2D eigenvalue weighted by molar-refractivity contribution is 6.09. The Hall–Kier alpha value is -2.84. The molecular weight excluding hydrogens is 400 g/mol. The van der Waals surface area contributed by atoms with E-state index in [2.05, 4.69) is 6.58 Å². The van der Waals surface area contributed by atoms with Gasteiger partial charge in [0.05, 0.1) is 25.4 Å². The van der Waals surface area contributed by atoms with Crippen LogP contribution < -0.4 is 0 Å². The van der Waals surface area contributed by atoms with Gasteiger partial charge in [0.15, 0.2) is 12.1 Å². The van der Waals surface area contributed by atoms with E-state index in [1.165, 1.54) is 12.1 Å². The SMILES string of the molecule is C=C(C)C1OC1OCCOCC(O)COC(=O)c1ccc(C(=O)c2ccccc2)cc1. The van der Waals surface area contributed by atoms with Crippen molar-refractivity contribution in [3.63, 3.8) is 0 Å². The summed E-state index contributed by atoms with van der Waals surface area (Å²) < 4.78 is 21.1. The zero-order valence-electron chi connectivity index (χ0n) is 17.4. The molecule has 1 heterocycles. The van der Waals surface area contributed by atoms with Gasteiger partial charge in [-0.2, -0.15) is 0 Å². The Labute approximate surface area is 181 Å². The minimum atomic E-state index is -0.955. The van der Waals surface area contributed by atoms with Gasteiger partial charge in [-0.25, -0.2) is 4.79 Å². The van der Waals surface area contributed by atoms with Crippen LogP contribution in [0.3, 0.4) is 0 Å². The molecule has 0 spiro atoms. The first kappa shape index (κ1) is 22.8. The minimum absolute atomic E-state index is 0.0105. The van der Waals surface area contributed by atoms with Gasteiger partial charge in [-0.05, 0) is 24.6 Å². The molecule has 1 aliphatic heterocycles. The van der Waals surface area contributed by atoms with E-state index in [0.717, 1.165) is 5.57 Å². The molecular formula is C24H26O7. The highest BCUT2D eigenvalue weighted by Crippen LogP contribution is 2.28. The van der Waals surface area contributed by atoms with Crippen molar-refractivity contribution in [2.45, 2.75) is 25.4 Å². The fraction of sp³-hybridized carbons (Fsp3) is 0.333. The highest BCUT2D eigenvalue weighted by Gasteiger charge is 2.40. The van der Waals surface area contributed by atoms with Crippen molar-refractivity contribution >= 4 is 11.8 Å². The van der Waals surface area contributed by atoms with E-state index in [9.17, 15) is 14.7 Å². The Morgan fingerprint density at radius 1 is 1.00 bits per heavy atom. The molecule has 1 aliphatic rings. The van der Waals surface area contributed by atoms with Gasteiger partial charge in [-0.3, -0.25) is 4.79 Å². The molecule has 0 aromatic heterocycles. The van der Waals surface area contributed by atoms with Crippen molar-refractivity contribution < 1.29 is 33.6 Å². The Bertz CT molecular complexity index is 892. The van der Waals surface area contributed by atoms with Gasteiger partial charge in [0.1, 0.15) is 18.8 Å². The monoisotopic (exact) mass is 426 g/mol. The number of hydrogen-bond acceptors (Lipinski definition) is 7. The van der Waals surface area contributed by atoms with Gasteiger partial charge in [0, 0.05) is 11.1 Å². The lowest BCUT2D eigenvalue weighted by Gasteiger charge is -2.12. The molecule has 0 saturated carbocycles. The zero-order chi connectivity index (χ0) is 22.2. The molecule has 2 aromatic carbocycles. The van der Waals surface area contributed by atoms with Crippen LogP contribution in [0.2, 0.25) is 0 Å². The van der Waals surface area contributed by atoms with Gasteiger partial charge in [0.25, 0.3) is 0 Å². The average Bonchev–Trinajstić information content (AvgIpc) is 3.57. The number of rotatable bonds is 12. The molecule has 1 saturated heterocycles. The molecule has 1 fully saturated rings. The first-order chi connectivity index (χ1) is 15.0. The summed E-state index contributed by atoms with van der Waals surface area (Å²) in [5.41, 5.74) is 2.26. The first-order valence-corrected chi connectivity index (χ1v) is 10.0. The van der Waals surface area contributed by atoms with Gasteiger partial charge in [-0.15, -0.1) is 0 Å². The quantitative estimate of drug-likeness (QED) is 0.183. The molecule has 3 rings (SSSR count). The standard InChI is InChI=1S/C24H26O7/c1-16(2)22-24(31-22)29-13-12-28-14-20(25)15-30-23(27)19-10-8-18(9-11-19)21(26)17-6-4-3-5-7-17/h3-11,20,22,24-25H,1,12-15H2,2H3. The average molecular weight is 426 g/mol. The van der Waals surface area contributed by atoms with Gasteiger partial charge >= 0.3 is 5.97 Å². The van der Waals surface area contributed by atoms with E-state index in [4.69, 9.17) is 18.9 Å².